The second-order valence-electron chi connectivity index (χ2n) is 6.46. The Labute approximate surface area is 154 Å². The largest absolute Gasteiger partial charge is 0.298 e. The van der Waals surface area contributed by atoms with Crippen molar-refractivity contribution in [2.24, 2.45) is 0 Å². The maximum absolute atomic E-state index is 13.1. The van der Waals surface area contributed by atoms with Crippen LogP contribution in [-0.2, 0) is 16.8 Å². The number of hydrogen-bond donors (Lipinski definition) is 1. The van der Waals surface area contributed by atoms with Crippen LogP contribution in [0.25, 0.3) is 0 Å². The topological polar surface area (TPSA) is 98.5 Å². The summed E-state index contributed by atoms with van der Waals surface area (Å²) in [6, 6.07) is 10.1. The van der Waals surface area contributed by atoms with Crippen molar-refractivity contribution in [3.05, 3.63) is 47.2 Å². The lowest BCUT2D eigenvalue weighted by atomic mass is 9.81. The SMILES string of the molecule is O=C(Nc1nnc(Cc2ccccc2)s1)C1(n2cnnn2)CCCCC1. The van der Waals surface area contributed by atoms with E-state index < -0.39 is 5.54 Å². The Morgan fingerprint density at radius 1 is 1.15 bits per heavy atom. The molecule has 0 spiro atoms. The van der Waals surface area contributed by atoms with Crippen molar-refractivity contribution in [2.45, 2.75) is 44.1 Å². The van der Waals surface area contributed by atoms with Crippen molar-refractivity contribution in [3.63, 3.8) is 0 Å². The molecule has 0 saturated heterocycles. The van der Waals surface area contributed by atoms with E-state index in [1.54, 1.807) is 4.68 Å². The summed E-state index contributed by atoms with van der Waals surface area (Å²) in [6.45, 7) is 0. The zero-order chi connectivity index (χ0) is 17.8. The lowest BCUT2D eigenvalue weighted by Gasteiger charge is -2.34. The molecule has 0 bridgehead atoms. The number of rotatable bonds is 5. The minimum atomic E-state index is -0.743. The summed E-state index contributed by atoms with van der Waals surface area (Å²) in [6.07, 6.45) is 6.74. The quantitative estimate of drug-likeness (QED) is 0.741. The third-order valence-electron chi connectivity index (χ3n) is 4.78. The Morgan fingerprint density at radius 2 is 1.96 bits per heavy atom. The van der Waals surface area contributed by atoms with E-state index in [0.29, 0.717) is 11.6 Å². The van der Waals surface area contributed by atoms with Gasteiger partial charge < -0.3 is 0 Å². The highest BCUT2D eigenvalue weighted by Crippen LogP contribution is 2.35. The van der Waals surface area contributed by atoms with Gasteiger partial charge in [-0.2, -0.15) is 0 Å². The molecule has 0 atom stereocenters. The number of amides is 1. The van der Waals surface area contributed by atoms with E-state index in [9.17, 15) is 4.79 Å². The van der Waals surface area contributed by atoms with Crippen LogP contribution in [0.15, 0.2) is 36.7 Å². The van der Waals surface area contributed by atoms with Crippen LogP contribution in [0.5, 0.6) is 0 Å². The molecule has 0 radical (unpaired) electrons. The summed E-state index contributed by atoms with van der Waals surface area (Å²) in [4.78, 5) is 13.1. The number of aromatic nitrogens is 6. The Hall–Kier alpha value is -2.68. The highest BCUT2D eigenvalue weighted by atomic mass is 32.1. The molecule has 0 aliphatic heterocycles. The van der Waals surface area contributed by atoms with Gasteiger partial charge in [0.15, 0.2) is 0 Å². The van der Waals surface area contributed by atoms with E-state index in [-0.39, 0.29) is 5.91 Å². The Bertz CT molecular complexity index is 856. The average molecular weight is 369 g/mol. The number of carbonyl (C=O) groups is 1. The first kappa shape index (κ1) is 16.8. The molecular formula is C17H19N7OS. The molecule has 2 heterocycles. The van der Waals surface area contributed by atoms with Crippen molar-refractivity contribution in [2.75, 3.05) is 5.32 Å². The number of carbonyl (C=O) groups excluding carboxylic acids is 1. The standard InChI is InChI=1S/C17H19N7OS/c25-15(17(9-5-2-6-10-17)24-12-18-22-23-24)19-16-21-20-14(26-16)11-13-7-3-1-4-8-13/h1,3-4,7-8,12H,2,5-6,9-11H2,(H,19,21,25). The summed E-state index contributed by atoms with van der Waals surface area (Å²) < 4.78 is 1.59. The van der Waals surface area contributed by atoms with Gasteiger partial charge in [-0.15, -0.1) is 15.3 Å². The normalized spacial score (nSPS) is 16.3. The number of benzene rings is 1. The molecule has 1 fully saturated rings. The third kappa shape index (κ3) is 3.34. The molecule has 134 valence electrons. The van der Waals surface area contributed by atoms with Gasteiger partial charge in [0.1, 0.15) is 16.9 Å². The molecule has 1 saturated carbocycles. The van der Waals surface area contributed by atoms with Gasteiger partial charge in [0.2, 0.25) is 5.13 Å². The molecule has 1 aliphatic rings. The summed E-state index contributed by atoms with van der Waals surface area (Å²) in [5.74, 6) is -0.119. The van der Waals surface area contributed by atoms with Crippen molar-refractivity contribution in [1.82, 2.24) is 30.4 Å². The van der Waals surface area contributed by atoms with Gasteiger partial charge in [0.05, 0.1) is 0 Å². The van der Waals surface area contributed by atoms with E-state index >= 15 is 0 Å². The zero-order valence-corrected chi connectivity index (χ0v) is 15.0. The molecule has 1 aliphatic carbocycles. The fourth-order valence-corrected chi connectivity index (χ4v) is 4.18. The van der Waals surface area contributed by atoms with Gasteiger partial charge in [-0.1, -0.05) is 60.9 Å². The maximum atomic E-state index is 13.1. The van der Waals surface area contributed by atoms with Crippen molar-refractivity contribution < 1.29 is 4.79 Å². The van der Waals surface area contributed by atoms with Crippen LogP contribution in [0.3, 0.4) is 0 Å². The van der Waals surface area contributed by atoms with Gasteiger partial charge in [0, 0.05) is 6.42 Å². The van der Waals surface area contributed by atoms with Gasteiger partial charge in [-0.25, -0.2) is 4.68 Å². The van der Waals surface area contributed by atoms with Gasteiger partial charge in [-0.05, 0) is 28.8 Å². The Kier molecular flexibility index (Phi) is 4.70. The number of hydrogen-bond acceptors (Lipinski definition) is 7. The molecule has 8 nitrogen and oxygen atoms in total. The van der Waals surface area contributed by atoms with Crippen molar-refractivity contribution in [1.29, 1.82) is 0 Å². The smallest absolute Gasteiger partial charge is 0.254 e. The van der Waals surface area contributed by atoms with Crippen LogP contribution in [-0.4, -0.2) is 36.3 Å². The molecule has 1 amide bonds. The Morgan fingerprint density at radius 3 is 2.69 bits per heavy atom. The number of nitrogens with one attached hydrogen (secondary N) is 1. The van der Waals surface area contributed by atoms with Crippen molar-refractivity contribution in [3.8, 4) is 0 Å². The predicted molar refractivity (Wildman–Crippen MR) is 96.7 cm³/mol. The molecular weight excluding hydrogens is 350 g/mol. The number of anilines is 1. The second kappa shape index (κ2) is 7.28. The van der Waals surface area contributed by atoms with E-state index in [0.717, 1.165) is 37.1 Å². The monoisotopic (exact) mass is 369 g/mol. The van der Waals surface area contributed by atoms with Gasteiger partial charge in [-0.3, -0.25) is 10.1 Å². The molecule has 2 aromatic heterocycles. The van der Waals surface area contributed by atoms with Crippen LogP contribution in [0.4, 0.5) is 5.13 Å². The zero-order valence-electron chi connectivity index (χ0n) is 14.2. The molecule has 0 unspecified atom stereocenters. The van der Waals surface area contributed by atoms with Crippen LogP contribution < -0.4 is 5.32 Å². The fourth-order valence-electron chi connectivity index (χ4n) is 3.41. The van der Waals surface area contributed by atoms with Gasteiger partial charge >= 0.3 is 0 Å². The average Bonchev–Trinajstić information content (AvgIpc) is 3.36. The second-order valence-corrected chi connectivity index (χ2v) is 7.53. The van der Waals surface area contributed by atoms with E-state index in [4.69, 9.17) is 0 Å². The van der Waals surface area contributed by atoms with Crippen LogP contribution in [0, 0.1) is 0 Å². The molecule has 1 aromatic carbocycles. The highest BCUT2D eigenvalue weighted by Gasteiger charge is 2.43. The molecule has 1 N–H and O–H groups in total. The Balaban J connectivity index is 1.50. The van der Waals surface area contributed by atoms with E-state index in [1.807, 2.05) is 30.3 Å². The molecule has 4 rings (SSSR count). The number of nitrogens with zero attached hydrogens (tertiary/aromatic N) is 6. The minimum absolute atomic E-state index is 0.119. The molecule has 9 heteroatoms. The minimum Gasteiger partial charge on any atom is -0.298 e. The summed E-state index contributed by atoms with van der Waals surface area (Å²) in [5.41, 5.74) is 0.423. The third-order valence-corrected chi connectivity index (χ3v) is 5.62. The molecule has 26 heavy (non-hydrogen) atoms. The predicted octanol–water partition coefficient (Wildman–Crippen LogP) is 2.41. The highest BCUT2D eigenvalue weighted by molar-refractivity contribution is 7.15. The van der Waals surface area contributed by atoms with Crippen LogP contribution >= 0.6 is 11.3 Å². The van der Waals surface area contributed by atoms with E-state index in [1.165, 1.54) is 23.2 Å². The first-order chi connectivity index (χ1) is 12.8. The van der Waals surface area contributed by atoms with Crippen molar-refractivity contribution >= 4 is 22.4 Å². The van der Waals surface area contributed by atoms with E-state index in [2.05, 4.69) is 31.0 Å². The van der Waals surface area contributed by atoms with Gasteiger partial charge in [0.25, 0.3) is 5.91 Å². The summed E-state index contributed by atoms with van der Waals surface area (Å²) in [5, 5.41) is 24.1. The maximum Gasteiger partial charge on any atom is 0.254 e. The first-order valence-electron chi connectivity index (χ1n) is 8.67. The summed E-state index contributed by atoms with van der Waals surface area (Å²) in [7, 11) is 0. The lowest BCUT2D eigenvalue weighted by molar-refractivity contribution is -0.126. The fraction of sp³-hybridized carbons (Fsp3) is 0.412. The number of tetrazole rings is 1. The van der Waals surface area contributed by atoms with Crippen LogP contribution in [0.1, 0.15) is 42.7 Å². The molecule has 3 aromatic rings. The van der Waals surface area contributed by atoms with Crippen LogP contribution in [0.2, 0.25) is 0 Å². The lowest BCUT2D eigenvalue weighted by Crippen LogP contribution is -2.47. The first-order valence-corrected chi connectivity index (χ1v) is 9.49. The summed E-state index contributed by atoms with van der Waals surface area (Å²) >= 11 is 1.40.